The predicted molar refractivity (Wildman–Crippen MR) is 81.1 cm³/mol. The monoisotopic (exact) mass is 311 g/mol. The number of ether oxygens (including phenoxy) is 1. The quantitative estimate of drug-likeness (QED) is 0.795. The highest BCUT2D eigenvalue weighted by atomic mass is 35.5. The first kappa shape index (κ1) is 14.8. The van der Waals surface area contributed by atoms with E-state index < -0.39 is 0 Å². The molecule has 6 heteroatoms. The number of hydrogen-bond acceptors (Lipinski definition) is 3. The lowest BCUT2D eigenvalue weighted by Gasteiger charge is -2.26. The Labute approximate surface area is 128 Å². The molecule has 2 heterocycles. The Bertz CT molecular complexity index is 610. The Morgan fingerprint density at radius 2 is 2.05 bits per heavy atom. The Morgan fingerprint density at radius 3 is 2.81 bits per heavy atom. The van der Waals surface area contributed by atoms with E-state index in [1.165, 1.54) is 12.1 Å². The van der Waals surface area contributed by atoms with Gasteiger partial charge in [-0.25, -0.2) is 9.37 Å². The van der Waals surface area contributed by atoms with Crippen molar-refractivity contribution in [2.24, 2.45) is 0 Å². The molecule has 0 amide bonds. The molecule has 0 bridgehead atoms. The van der Waals surface area contributed by atoms with Crippen LogP contribution in [0.2, 0.25) is 0 Å². The van der Waals surface area contributed by atoms with E-state index in [4.69, 9.17) is 16.3 Å². The molecule has 1 aromatic heterocycles. The van der Waals surface area contributed by atoms with E-state index in [0.29, 0.717) is 11.4 Å². The molecule has 0 radical (unpaired) electrons. The number of morpholine rings is 1. The highest BCUT2D eigenvalue weighted by Gasteiger charge is 2.13. The Balaban J connectivity index is 1.70. The number of alkyl halides is 1. The minimum absolute atomic E-state index is 0.262. The summed E-state index contributed by atoms with van der Waals surface area (Å²) in [5, 5.41) is 0. The summed E-state index contributed by atoms with van der Waals surface area (Å²) in [4.78, 5) is 6.82. The van der Waals surface area contributed by atoms with Crippen LogP contribution in [-0.4, -0.2) is 47.3 Å². The number of rotatable bonds is 5. The van der Waals surface area contributed by atoms with Crippen molar-refractivity contribution < 1.29 is 9.13 Å². The molecule has 0 N–H and O–H groups in total. The predicted octanol–water partition coefficient (Wildman–Crippen LogP) is 2.64. The SMILES string of the molecule is Fc1ccc2c(c1)nc(CCl)n2CCCN1CCOCC1. The number of fused-ring (bicyclic) bond motifs is 1. The summed E-state index contributed by atoms with van der Waals surface area (Å²) < 4.78 is 20.7. The number of aromatic nitrogens is 2. The third-order valence-corrected chi connectivity index (χ3v) is 4.11. The average Bonchev–Trinajstić information content (AvgIpc) is 2.85. The molecule has 0 saturated carbocycles. The van der Waals surface area contributed by atoms with Gasteiger partial charge in [-0.1, -0.05) is 0 Å². The lowest BCUT2D eigenvalue weighted by molar-refractivity contribution is 0.0369. The highest BCUT2D eigenvalue weighted by Crippen LogP contribution is 2.19. The minimum atomic E-state index is -0.262. The Hall–Kier alpha value is -1.17. The third-order valence-electron chi connectivity index (χ3n) is 3.87. The Kier molecular flexibility index (Phi) is 4.73. The molecule has 1 fully saturated rings. The van der Waals surface area contributed by atoms with E-state index in [9.17, 15) is 4.39 Å². The van der Waals surface area contributed by atoms with Gasteiger partial charge in [0.15, 0.2) is 0 Å². The second-order valence-corrected chi connectivity index (χ2v) is 5.52. The van der Waals surface area contributed by atoms with Gasteiger partial charge in [0.2, 0.25) is 0 Å². The molecular weight excluding hydrogens is 293 g/mol. The van der Waals surface area contributed by atoms with Crippen LogP contribution in [0.4, 0.5) is 4.39 Å². The number of aryl methyl sites for hydroxylation is 1. The molecule has 0 spiro atoms. The molecule has 1 saturated heterocycles. The summed E-state index contributed by atoms with van der Waals surface area (Å²) in [5.41, 5.74) is 1.63. The van der Waals surface area contributed by atoms with Gasteiger partial charge < -0.3 is 9.30 Å². The van der Waals surface area contributed by atoms with Gasteiger partial charge in [-0.05, 0) is 18.6 Å². The number of benzene rings is 1. The van der Waals surface area contributed by atoms with Crippen molar-refractivity contribution in [1.82, 2.24) is 14.5 Å². The first-order valence-electron chi connectivity index (χ1n) is 7.28. The van der Waals surface area contributed by atoms with Crippen molar-refractivity contribution in [3.05, 3.63) is 29.8 Å². The van der Waals surface area contributed by atoms with E-state index in [0.717, 1.165) is 57.2 Å². The molecular formula is C15H19ClFN3O. The Morgan fingerprint density at radius 1 is 1.24 bits per heavy atom. The molecule has 0 atom stereocenters. The van der Waals surface area contributed by atoms with E-state index in [2.05, 4.69) is 14.5 Å². The fourth-order valence-electron chi connectivity index (χ4n) is 2.78. The van der Waals surface area contributed by atoms with Crippen LogP contribution >= 0.6 is 11.6 Å². The van der Waals surface area contributed by atoms with Gasteiger partial charge in [0, 0.05) is 32.2 Å². The zero-order valence-electron chi connectivity index (χ0n) is 11.9. The van der Waals surface area contributed by atoms with E-state index in [1.54, 1.807) is 6.07 Å². The van der Waals surface area contributed by atoms with Crippen molar-refractivity contribution in [1.29, 1.82) is 0 Å². The number of halogens is 2. The molecule has 2 aromatic rings. The van der Waals surface area contributed by atoms with Gasteiger partial charge in [0.05, 0.1) is 30.1 Å². The topological polar surface area (TPSA) is 30.3 Å². The molecule has 1 aliphatic heterocycles. The van der Waals surface area contributed by atoms with Crippen molar-refractivity contribution in [3.8, 4) is 0 Å². The van der Waals surface area contributed by atoms with Crippen LogP contribution in [0.15, 0.2) is 18.2 Å². The van der Waals surface area contributed by atoms with Crippen LogP contribution in [0.5, 0.6) is 0 Å². The van der Waals surface area contributed by atoms with E-state index >= 15 is 0 Å². The molecule has 1 aliphatic rings. The fraction of sp³-hybridized carbons (Fsp3) is 0.533. The highest BCUT2D eigenvalue weighted by molar-refractivity contribution is 6.16. The normalized spacial score (nSPS) is 16.7. The average molecular weight is 312 g/mol. The van der Waals surface area contributed by atoms with Gasteiger partial charge in [0.1, 0.15) is 11.6 Å². The van der Waals surface area contributed by atoms with Crippen LogP contribution in [0.1, 0.15) is 12.2 Å². The summed E-state index contributed by atoms with van der Waals surface area (Å²) in [5.74, 6) is 0.884. The number of nitrogens with zero attached hydrogens (tertiary/aromatic N) is 3. The summed E-state index contributed by atoms with van der Waals surface area (Å²) in [6.45, 7) is 5.52. The van der Waals surface area contributed by atoms with Crippen LogP contribution in [0.3, 0.4) is 0 Å². The molecule has 4 nitrogen and oxygen atoms in total. The number of hydrogen-bond donors (Lipinski definition) is 0. The smallest absolute Gasteiger partial charge is 0.125 e. The zero-order chi connectivity index (χ0) is 14.7. The molecule has 0 unspecified atom stereocenters. The summed E-state index contributed by atoms with van der Waals surface area (Å²) in [6, 6.07) is 4.72. The van der Waals surface area contributed by atoms with Crippen LogP contribution in [0.25, 0.3) is 11.0 Å². The summed E-state index contributed by atoms with van der Waals surface area (Å²) in [7, 11) is 0. The van der Waals surface area contributed by atoms with E-state index in [-0.39, 0.29) is 5.82 Å². The third kappa shape index (κ3) is 3.36. The summed E-state index contributed by atoms with van der Waals surface area (Å²) >= 11 is 5.97. The maximum atomic E-state index is 13.3. The van der Waals surface area contributed by atoms with Crippen molar-refractivity contribution in [2.75, 3.05) is 32.8 Å². The lowest BCUT2D eigenvalue weighted by Crippen LogP contribution is -2.37. The van der Waals surface area contributed by atoms with Gasteiger partial charge in [0.25, 0.3) is 0 Å². The standard InChI is InChI=1S/C15H19ClFN3O/c16-11-15-18-13-10-12(17)2-3-14(13)20(15)5-1-4-19-6-8-21-9-7-19/h2-3,10H,1,4-9,11H2. The second-order valence-electron chi connectivity index (χ2n) is 5.25. The molecule has 0 aliphatic carbocycles. The molecule has 21 heavy (non-hydrogen) atoms. The molecule has 114 valence electrons. The van der Waals surface area contributed by atoms with Gasteiger partial charge >= 0.3 is 0 Å². The minimum Gasteiger partial charge on any atom is -0.379 e. The van der Waals surface area contributed by atoms with Crippen LogP contribution in [-0.2, 0) is 17.2 Å². The fourth-order valence-corrected chi connectivity index (χ4v) is 2.99. The maximum Gasteiger partial charge on any atom is 0.125 e. The largest absolute Gasteiger partial charge is 0.379 e. The second kappa shape index (κ2) is 6.73. The van der Waals surface area contributed by atoms with Crippen molar-refractivity contribution in [3.63, 3.8) is 0 Å². The van der Waals surface area contributed by atoms with Crippen molar-refractivity contribution >= 4 is 22.6 Å². The zero-order valence-corrected chi connectivity index (χ0v) is 12.7. The maximum absolute atomic E-state index is 13.3. The lowest BCUT2D eigenvalue weighted by atomic mass is 10.3. The molecule has 1 aromatic carbocycles. The molecule has 3 rings (SSSR count). The van der Waals surface area contributed by atoms with Gasteiger partial charge in [-0.2, -0.15) is 0 Å². The van der Waals surface area contributed by atoms with Gasteiger partial charge in [-0.3, -0.25) is 4.90 Å². The van der Waals surface area contributed by atoms with E-state index in [1.807, 2.05) is 0 Å². The van der Waals surface area contributed by atoms with Crippen LogP contribution < -0.4 is 0 Å². The first-order chi connectivity index (χ1) is 10.3. The first-order valence-corrected chi connectivity index (χ1v) is 7.82. The van der Waals surface area contributed by atoms with Gasteiger partial charge in [-0.15, -0.1) is 11.6 Å². The number of imidazole rings is 1. The summed E-state index contributed by atoms with van der Waals surface area (Å²) in [6.07, 6.45) is 1.02. The van der Waals surface area contributed by atoms with Crippen LogP contribution in [0, 0.1) is 5.82 Å². The van der Waals surface area contributed by atoms with Crippen molar-refractivity contribution in [2.45, 2.75) is 18.8 Å².